The van der Waals surface area contributed by atoms with E-state index in [1.807, 2.05) is 6.92 Å². The maximum atomic E-state index is 12.8. The molecular weight excluding hydrogens is 221 g/mol. The molecule has 5 heteroatoms. The smallest absolute Gasteiger partial charge is 0.282 e. The molecule has 2 rings (SSSR count). The molecule has 1 heterocycles. The first-order valence-electron chi connectivity index (χ1n) is 5.65. The van der Waals surface area contributed by atoms with E-state index in [1.165, 1.54) is 12.1 Å². The number of benzene rings is 1. The standard InChI is InChI=1S/C12H16FN3O/c1-2-16(7-10-8-17-12(14)15-10)11-5-3-9(13)4-6-11/h3-6,10H,2,7-8H2,1H3,(H2,14,15)/t10-/m0/s1. The van der Waals surface area contributed by atoms with E-state index in [2.05, 4.69) is 9.89 Å². The van der Waals surface area contributed by atoms with Crippen LogP contribution in [0.4, 0.5) is 10.1 Å². The Balaban J connectivity index is 2.04. The van der Waals surface area contributed by atoms with E-state index in [0.717, 1.165) is 18.8 Å². The minimum atomic E-state index is -0.226. The summed E-state index contributed by atoms with van der Waals surface area (Å²) in [5.41, 5.74) is 6.44. The molecule has 1 atom stereocenters. The van der Waals surface area contributed by atoms with Crippen LogP contribution in [0.1, 0.15) is 6.92 Å². The van der Waals surface area contributed by atoms with Crippen molar-refractivity contribution in [3.8, 4) is 0 Å². The molecule has 92 valence electrons. The molecule has 1 aromatic rings. The molecule has 0 aromatic heterocycles. The van der Waals surface area contributed by atoms with Gasteiger partial charge in [-0.3, -0.25) is 0 Å². The summed E-state index contributed by atoms with van der Waals surface area (Å²) in [6.45, 7) is 4.12. The van der Waals surface area contributed by atoms with E-state index >= 15 is 0 Å². The van der Waals surface area contributed by atoms with Crippen LogP contribution in [0.3, 0.4) is 0 Å². The maximum Gasteiger partial charge on any atom is 0.282 e. The molecule has 0 radical (unpaired) electrons. The highest BCUT2D eigenvalue weighted by atomic mass is 19.1. The first-order valence-corrected chi connectivity index (χ1v) is 5.65. The topological polar surface area (TPSA) is 50.9 Å². The molecule has 0 spiro atoms. The quantitative estimate of drug-likeness (QED) is 0.860. The van der Waals surface area contributed by atoms with E-state index < -0.39 is 0 Å². The zero-order valence-electron chi connectivity index (χ0n) is 9.77. The number of amidine groups is 1. The number of likely N-dealkylation sites (N-methyl/N-ethyl adjacent to an activating group) is 1. The van der Waals surface area contributed by atoms with E-state index in [4.69, 9.17) is 10.5 Å². The van der Waals surface area contributed by atoms with Crippen LogP contribution in [0.25, 0.3) is 0 Å². The van der Waals surface area contributed by atoms with Crippen LogP contribution < -0.4 is 10.6 Å². The van der Waals surface area contributed by atoms with E-state index in [1.54, 1.807) is 12.1 Å². The first-order chi connectivity index (χ1) is 8.19. The fraction of sp³-hybridized carbons (Fsp3) is 0.417. The van der Waals surface area contributed by atoms with Crippen molar-refractivity contribution >= 4 is 11.7 Å². The molecule has 1 aliphatic heterocycles. The van der Waals surface area contributed by atoms with Crippen molar-refractivity contribution in [2.75, 3.05) is 24.6 Å². The van der Waals surface area contributed by atoms with Gasteiger partial charge in [-0.15, -0.1) is 0 Å². The molecule has 1 aliphatic rings. The lowest BCUT2D eigenvalue weighted by atomic mass is 10.2. The molecule has 0 saturated heterocycles. The Kier molecular flexibility index (Phi) is 3.46. The number of rotatable bonds is 4. The number of nitrogens with zero attached hydrogens (tertiary/aromatic N) is 2. The summed E-state index contributed by atoms with van der Waals surface area (Å²) in [5.74, 6) is -0.226. The Morgan fingerprint density at radius 3 is 2.71 bits per heavy atom. The van der Waals surface area contributed by atoms with Crippen LogP contribution in [0.15, 0.2) is 29.3 Å². The van der Waals surface area contributed by atoms with Crippen molar-refractivity contribution in [2.24, 2.45) is 10.7 Å². The van der Waals surface area contributed by atoms with E-state index in [9.17, 15) is 4.39 Å². The second kappa shape index (κ2) is 5.03. The van der Waals surface area contributed by atoms with Gasteiger partial charge in [-0.25, -0.2) is 9.38 Å². The van der Waals surface area contributed by atoms with Crippen molar-refractivity contribution in [3.63, 3.8) is 0 Å². The van der Waals surface area contributed by atoms with Crippen LogP contribution in [-0.4, -0.2) is 31.8 Å². The monoisotopic (exact) mass is 237 g/mol. The highest BCUT2D eigenvalue weighted by Crippen LogP contribution is 2.16. The van der Waals surface area contributed by atoms with Crippen molar-refractivity contribution in [2.45, 2.75) is 13.0 Å². The minimum absolute atomic E-state index is 0.0556. The fourth-order valence-electron chi connectivity index (χ4n) is 1.85. The Hall–Kier alpha value is -1.78. The molecule has 0 amide bonds. The summed E-state index contributed by atoms with van der Waals surface area (Å²) in [6.07, 6.45) is 0. The molecule has 17 heavy (non-hydrogen) atoms. The van der Waals surface area contributed by atoms with Crippen molar-refractivity contribution in [1.82, 2.24) is 0 Å². The van der Waals surface area contributed by atoms with Crippen LogP contribution in [-0.2, 0) is 4.74 Å². The van der Waals surface area contributed by atoms with Crippen molar-refractivity contribution in [3.05, 3.63) is 30.1 Å². The molecule has 0 bridgehead atoms. The van der Waals surface area contributed by atoms with Gasteiger partial charge in [0.2, 0.25) is 0 Å². The summed E-state index contributed by atoms with van der Waals surface area (Å²) >= 11 is 0. The SMILES string of the molecule is CCN(C[C@H]1COC(N)=N1)c1ccc(F)cc1. The molecule has 1 aromatic carbocycles. The van der Waals surface area contributed by atoms with Crippen LogP contribution in [0, 0.1) is 5.82 Å². The van der Waals surface area contributed by atoms with Gasteiger partial charge in [0.05, 0.1) is 0 Å². The average Bonchev–Trinajstić information content (AvgIpc) is 2.73. The maximum absolute atomic E-state index is 12.8. The van der Waals surface area contributed by atoms with Crippen LogP contribution >= 0.6 is 0 Å². The molecule has 0 aliphatic carbocycles. The fourth-order valence-corrected chi connectivity index (χ4v) is 1.85. The molecular formula is C12H16FN3O. The van der Waals surface area contributed by atoms with Gasteiger partial charge >= 0.3 is 0 Å². The lowest BCUT2D eigenvalue weighted by Crippen LogP contribution is -2.32. The number of anilines is 1. The third-order valence-electron chi connectivity index (χ3n) is 2.74. The second-order valence-corrected chi connectivity index (χ2v) is 3.95. The summed E-state index contributed by atoms with van der Waals surface area (Å²) in [6, 6.07) is 6.76. The summed E-state index contributed by atoms with van der Waals surface area (Å²) < 4.78 is 17.9. The number of aliphatic imine (C=N–C) groups is 1. The number of ether oxygens (including phenoxy) is 1. The van der Waals surface area contributed by atoms with Crippen molar-refractivity contribution in [1.29, 1.82) is 0 Å². The Labute approximate surface area is 99.9 Å². The molecule has 0 unspecified atom stereocenters. The van der Waals surface area contributed by atoms with E-state index in [-0.39, 0.29) is 17.9 Å². The van der Waals surface area contributed by atoms with Crippen molar-refractivity contribution < 1.29 is 9.13 Å². The normalized spacial score (nSPS) is 18.7. The second-order valence-electron chi connectivity index (χ2n) is 3.95. The van der Waals surface area contributed by atoms with Gasteiger partial charge in [-0.2, -0.15) is 0 Å². The van der Waals surface area contributed by atoms with Gasteiger partial charge in [0.25, 0.3) is 6.02 Å². The highest BCUT2D eigenvalue weighted by Gasteiger charge is 2.19. The number of halogens is 1. The molecule has 4 nitrogen and oxygen atoms in total. The minimum Gasteiger partial charge on any atom is -0.463 e. The Bertz CT molecular complexity index is 405. The first kappa shape index (κ1) is 11.7. The predicted octanol–water partition coefficient (Wildman–Crippen LogP) is 1.37. The Morgan fingerprint density at radius 2 is 2.18 bits per heavy atom. The highest BCUT2D eigenvalue weighted by molar-refractivity contribution is 5.73. The van der Waals surface area contributed by atoms with Gasteiger partial charge in [0, 0.05) is 18.8 Å². The largest absolute Gasteiger partial charge is 0.463 e. The molecule has 2 N–H and O–H groups in total. The third-order valence-corrected chi connectivity index (χ3v) is 2.74. The molecule has 0 fully saturated rings. The van der Waals surface area contributed by atoms with Gasteiger partial charge in [-0.1, -0.05) is 0 Å². The lowest BCUT2D eigenvalue weighted by molar-refractivity contribution is 0.313. The number of hydrogen-bond donors (Lipinski definition) is 1. The number of nitrogens with two attached hydrogens (primary N) is 1. The summed E-state index contributed by atoms with van der Waals surface area (Å²) in [5, 5.41) is 0. The lowest BCUT2D eigenvalue weighted by Gasteiger charge is -2.24. The Morgan fingerprint density at radius 1 is 1.47 bits per heavy atom. The zero-order valence-corrected chi connectivity index (χ0v) is 9.77. The van der Waals surface area contributed by atoms with Crippen LogP contribution in [0.2, 0.25) is 0 Å². The molecule has 0 saturated carbocycles. The van der Waals surface area contributed by atoms with Gasteiger partial charge in [0.15, 0.2) is 0 Å². The summed E-state index contributed by atoms with van der Waals surface area (Å²) in [4.78, 5) is 6.30. The van der Waals surface area contributed by atoms with Gasteiger partial charge in [0.1, 0.15) is 18.5 Å². The third kappa shape index (κ3) is 2.87. The average molecular weight is 237 g/mol. The van der Waals surface area contributed by atoms with Gasteiger partial charge in [-0.05, 0) is 31.2 Å². The summed E-state index contributed by atoms with van der Waals surface area (Å²) in [7, 11) is 0. The van der Waals surface area contributed by atoms with Gasteiger partial charge < -0.3 is 15.4 Å². The van der Waals surface area contributed by atoms with E-state index in [0.29, 0.717) is 6.61 Å². The van der Waals surface area contributed by atoms with Crippen LogP contribution in [0.5, 0.6) is 0 Å². The zero-order chi connectivity index (χ0) is 12.3. The number of hydrogen-bond acceptors (Lipinski definition) is 4. The predicted molar refractivity (Wildman–Crippen MR) is 65.6 cm³/mol.